The fourth-order valence-electron chi connectivity index (χ4n) is 2.02. The normalized spacial score (nSPS) is 18.7. The molecule has 4 N–H and O–H groups in total. The Balaban J connectivity index is 2.06. The third kappa shape index (κ3) is 2.48. The van der Waals surface area contributed by atoms with Crippen molar-refractivity contribution in [3.8, 4) is 0 Å². The van der Waals surface area contributed by atoms with Crippen LogP contribution in [0.5, 0.6) is 0 Å². The molecule has 0 spiro atoms. The number of carboxylic acids is 1. The van der Waals surface area contributed by atoms with Crippen molar-refractivity contribution >= 4 is 5.97 Å². The lowest BCUT2D eigenvalue weighted by molar-refractivity contribution is -0.138. The van der Waals surface area contributed by atoms with Gasteiger partial charge in [-0.3, -0.25) is 4.79 Å². The second kappa shape index (κ2) is 4.47. The van der Waals surface area contributed by atoms with E-state index in [1.54, 1.807) is 0 Å². The molecule has 4 nitrogen and oxygen atoms in total. The van der Waals surface area contributed by atoms with Crippen molar-refractivity contribution in [3.05, 3.63) is 35.4 Å². The van der Waals surface area contributed by atoms with E-state index < -0.39 is 12.0 Å². The van der Waals surface area contributed by atoms with Gasteiger partial charge < -0.3 is 15.9 Å². The van der Waals surface area contributed by atoms with Crippen molar-refractivity contribution in [2.24, 2.45) is 5.73 Å². The third-order valence-corrected chi connectivity index (χ3v) is 3.50. The molecule has 0 aromatic heterocycles. The highest BCUT2D eigenvalue weighted by molar-refractivity contribution is 5.73. The SMILES string of the molecule is NC(Cc1ccc(C2(CO)CC2)cc1)C(=O)O. The molecule has 1 fully saturated rings. The van der Waals surface area contributed by atoms with Crippen LogP contribution < -0.4 is 5.73 Å². The van der Waals surface area contributed by atoms with Gasteiger partial charge in [0.25, 0.3) is 0 Å². The van der Waals surface area contributed by atoms with Crippen LogP contribution in [0.4, 0.5) is 0 Å². The molecule has 0 bridgehead atoms. The highest BCUT2D eigenvalue weighted by Crippen LogP contribution is 2.47. The van der Waals surface area contributed by atoms with E-state index in [1.165, 1.54) is 0 Å². The molecule has 1 aliphatic carbocycles. The zero-order valence-corrected chi connectivity index (χ0v) is 9.60. The molecule has 1 aromatic carbocycles. The predicted octanol–water partition coefficient (Wildman–Crippen LogP) is 0.665. The first-order valence-electron chi connectivity index (χ1n) is 5.76. The van der Waals surface area contributed by atoms with Crippen LogP contribution in [0.15, 0.2) is 24.3 Å². The zero-order valence-electron chi connectivity index (χ0n) is 9.60. The molecule has 4 heteroatoms. The van der Waals surface area contributed by atoms with Gasteiger partial charge in [0.05, 0.1) is 6.61 Å². The fraction of sp³-hybridized carbons (Fsp3) is 0.462. The molecule has 0 heterocycles. The number of aliphatic hydroxyl groups excluding tert-OH is 1. The van der Waals surface area contributed by atoms with E-state index in [0.29, 0.717) is 6.42 Å². The lowest BCUT2D eigenvalue weighted by Crippen LogP contribution is -2.32. The number of hydrogen-bond acceptors (Lipinski definition) is 3. The Morgan fingerprint density at radius 3 is 2.35 bits per heavy atom. The maximum Gasteiger partial charge on any atom is 0.320 e. The van der Waals surface area contributed by atoms with Crippen molar-refractivity contribution in [1.82, 2.24) is 0 Å². The summed E-state index contributed by atoms with van der Waals surface area (Å²) in [7, 11) is 0. The topological polar surface area (TPSA) is 83.5 Å². The van der Waals surface area contributed by atoms with Crippen molar-refractivity contribution < 1.29 is 15.0 Å². The average molecular weight is 235 g/mol. The van der Waals surface area contributed by atoms with Crippen LogP contribution in [0.2, 0.25) is 0 Å². The average Bonchev–Trinajstić information content (AvgIpc) is 3.11. The first kappa shape index (κ1) is 12.1. The summed E-state index contributed by atoms with van der Waals surface area (Å²) in [6.45, 7) is 0.182. The molecule has 0 radical (unpaired) electrons. The Morgan fingerprint density at radius 2 is 1.94 bits per heavy atom. The smallest absolute Gasteiger partial charge is 0.320 e. The van der Waals surface area contributed by atoms with Crippen molar-refractivity contribution in [3.63, 3.8) is 0 Å². The van der Waals surface area contributed by atoms with Crippen LogP contribution in [0.1, 0.15) is 24.0 Å². The Kier molecular flexibility index (Phi) is 3.17. The summed E-state index contributed by atoms with van der Waals surface area (Å²) in [5, 5.41) is 18.0. The molecular formula is C13H17NO3. The van der Waals surface area contributed by atoms with Crippen LogP contribution in [-0.4, -0.2) is 28.8 Å². The Morgan fingerprint density at radius 1 is 1.35 bits per heavy atom. The lowest BCUT2D eigenvalue weighted by atomic mass is 9.95. The minimum atomic E-state index is -0.983. The van der Waals surface area contributed by atoms with Gasteiger partial charge in [0.15, 0.2) is 0 Å². The van der Waals surface area contributed by atoms with E-state index in [0.717, 1.165) is 24.0 Å². The number of hydrogen-bond donors (Lipinski definition) is 3. The van der Waals surface area contributed by atoms with E-state index in [4.69, 9.17) is 10.8 Å². The Hall–Kier alpha value is -1.39. The predicted molar refractivity (Wildman–Crippen MR) is 63.8 cm³/mol. The summed E-state index contributed by atoms with van der Waals surface area (Å²) in [4.78, 5) is 10.6. The first-order valence-corrected chi connectivity index (χ1v) is 5.76. The number of carboxylic acid groups (broad SMARTS) is 1. The summed E-state index contributed by atoms with van der Waals surface area (Å²) < 4.78 is 0. The van der Waals surface area contributed by atoms with Crippen molar-refractivity contribution in [2.45, 2.75) is 30.7 Å². The molecule has 0 amide bonds. The maximum absolute atomic E-state index is 10.6. The number of nitrogens with two attached hydrogens (primary N) is 1. The summed E-state index contributed by atoms with van der Waals surface area (Å²) in [6, 6.07) is 6.87. The van der Waals surface area contributed by atoms with E-state index in [9.17, 15) is 9.90 Å². The van der Waals surface area contributed by atoms with E-state index >= 15 is 0 Å². The molecule has 1 aliphatic rings. The number of aliphatic carboxylic acids is 1. The lowest BCUT2D eigenvalue weighted by Gasteiger charge is -2.13. The van der Waals surface area contributed by atoms with Gasteiger partial charge in [0.1, 0.15) is 6.04 Å². The van der Waals surface area contributed by atoms with E-state index in [1.807, 2.05) is 24.3 Å². The highest BCUT2D eigenvalue weighted by Gasteiger charge is 2.43. The summed E-state index contributed by atoms with van der Waals surface area (Å²) in [5.41, 5.74) is 7.48. The highest BCUT2D eigenvalue weighted by atomic mass is 16.4. The molecule has 1 saturated carbocycles. The van der Waals surface area contributed by atoms with Gasteiger partial charge in [0, 0.05) is 5.41 Å². The van der Waals surface area contributed by atoms with Gasteiger partial charge in [-0.25, -0.2) is 0 Å². The van der Waals surface area contributed by atoms with Gasteiger partial charge in [-0.2, -0.15) is 0 Å². The molecule has 1 unspecified atom stereocenters. The minimum absolute atomic E-state index is 0.0343. The summed E-state index contributed by atoms with van der Waals surface area (Å²) in [5.74, 6) is -0.983. The van der Waals surface area contributed by atoms with E-state index in [-0.39, 0.29) is 12.0 Å². The van der Waals surface area contributed by atoms with Gasteiger partial charge in [-0.05, 0) is 30.4 Å². The van der Waals surface area contributed by atoms with Gasteiger partial charge in [-0.1, -0.05) is 24.3 Å². The molecule has 1 atom stereocenters. The number of benzene rings is 1. The minimum Gasteiger partial charge on any atom is -0.480 e. The number of carbonyl (C=O) groups is 1. The largest absolute Gasteiger partial charge is 0.480 e. The first-order chi connectivity index (χ1) is 8.07. The summed E-state index contributed by atoms with van der Waals surface area (Å²) >= 11 is 0. The molecular weight excluding hydrogens is 218 g/mol. The third-order valence-electron chi connectivity index (χ3n) is 3.50. The Bertz CT molecular complexity index is 409. The summed E-state index contributed by atoms with van der Waals surface area (Å²) in [6.07, 6.45) is 2.39. The Labute approximate surface area is 100 Å². The van der Waals surface area contributed by atoms with Gasteiger partial charge >= 0.3 is 5.97 Å². The quantitative estimate of drug-likeness (QED) is 0.700. The number of aliphatic hydroxyl groups is 1. The monoisotopic (exact) mass is 235 g/mol. The standard InChI is InChI=1S/C13H17NO3/c14-11(12(16)17)7-9-1-3-10(4-2-9)13(8-15)5-6-13/h1-4,11,15H,5-8,14H2,(H,16,17). The van der Waals surface area contributed by atoms with Crippen molar-refractivity contribution in [1.29, 1.82) is 0 Å². The zero-order chi connectivity index (χ0) is 12.5. The van der Waals surface area contributed by atoms with Gasteiger partial charge in [0.2, 0.25) is 0 Å². The van der Waals surface area contributed by atoms with Crippen LogP contribution in [0.3, 0.4) is 0 Å². The van der Waals surface area contributed by atoms with Crippen LogP contribution in [0, 0.1) is 0 Å². The second-order valence-electron chi connectivity index (χ2n) is 4.78. The van der Waals surface area contributed by atoms with Crippen molar-refractivity contribution in [2.75, 3.05) is 6.61 Å². The molecule has 17 heavy (non-hydrogen) atoms. The maximum atomic E-state index is 10.6. The molecule has 1 aromatic rings. The second-order valence-corrected chi connectivity index (χ2v) is 4.78. The molecule has 0 saturated heterocycles. The van der Waals surface area contributed by atoms with Crippen LogP contribution >= 0.6 is 0 Å². The van der Waals surface area contributed by atoms with Crippen LogP contribution in [-0.2, 0) is 16.6 Å². The van der Waals surface area contributed by atoms with Crippen LogP contribution in [0.25, 0.3) is 0 Å². The number of rotatable bonds is 5. The molecule has 2 rings (SSSR count). The van der Waals surface area contributed by atoms with E-state index in [2.05, 4.69) is 0 Å². The van der Waals surface area contributed by atoms with Gasteiger partial charge in [-0.15, -0.1) is 0 Å². The molecule has 0 aliphatic heterocycles. The fourth-order valence-corrected chi connectivity index (χ4v) is 2.02. The molecule has 92 valence electrons.